The molecule has 0 aliphatic rings. The minimum atomic E-state index is -1.72. The van der Waals surface area contributed by atoms with Crippen LogP contribution in [0.25, 0.3) is 0 Å². The van der Waals surface area contributed by atoms with Crippen molar-refractivity contribution in [1.82, 2.24) is 10.9 Å². The van der Waals surface area contributed by atoms with Crippen molar-refractivity contribution in [3.05, 3.63) is 35.1 Å². The molecular weight excluding hydrogens is 243 g/mol. The highest BCUT2D eigenvalue weighted by atomic mass is 32.1. The van der Waals surface area contributed by atoms with Gasteiger partial charge in [0.2, 0.25) is 0 Å². The third kappa shape index (κ3) is 2.60. The fraction of sp³-hybridized carbons (Fsp3) is 0. The normalized spacial score (nSPS) is 9.69. The summed E-state index contributed by atoms with van der Waals surface area (Å²) in [7, 11) is 0. The third-order valence-electron chi connectivity index (χ3n) is 1.58. The molecule has 0 spiro atoms. The molecule has 0 radical (unpaired) electrons. The molecule has 16 heavy (non-hydrogen) atoms. The zero-order valence-corrected chi connectivity index (χ0v) is 8.50. The van der Waals surface area contributed by atoms with Crippen molar-refractivity contribution in [1.29, 1.82) is 0 Å². The van der Waals surface area contributed by atoms with Crippen LogP contribution in [0.4, 0.5) is 13.2 Å². The minimum Gasteiger partial charge on any atom is -0.375 e. The van der Waals surface area contributed by atoms with Crippen LogP contribution in [0.1, 0.15) is 10.4 Å². The Labute approximate surface area is 93.6 Å². The van der Waals surface area contributed by atoms with E-state index in [0.717, 1.165) is 6.07 Å². The molecule has 1 rings (SSSR count). The molecule has 0 aliphatic carbocycles. The van der Waals surface area contributed by atoms with Gasteiger partial charge in [0.05, 0.1) is 5.56 Å². The van der Waals surface area contributed by atoms with E-state index < -0.39 is 28.9 Å². The highest BCUT2D eigenvalue weighted by Crippen LogP contribution is 2.14. The van der Waals surface area contributed by atoms with Crippen molar-refractivity contribution in [3.63, 3.8) is 0 Å². The zero-order valence-electron chi connectivity index (χ0n) is 7.68. The van der Waals surface area contributed by atoms with Crippen molar-refractivity contribution < 1.29 is 18.0 Å². The van der Waals surface area contributed by atoms with Crippen molar-refractivity contribution in [2.45, 2.75) is 0 Å². The van der Waals surface area contributed by atoms with Gasteiger partial charge in [0, 0.05) is 0 Å². The summed E-state index contributed by atoms with van der Waals surface area (Å²) < 4.78 is 38.4. The molecule has 4 nitrogen and oxygen atoms in total. The third-order valence-corrected chi connectivity index (χ3v) is 1.68. The number of carbonyl (C=O) groups is 1. The lowest BCUT2D eigenvalue weighted by Gasteiger charge is -2.07. The van der Waals surface area contributed by atoms with Crippen molar-refractivity contribution >= 4 is 23.2 Å². The monoisotopic (exact) mass is 249 g/mol. The molecule has 0 aromatic heterocycles. The standard InChI is InChI=1S/C8H6F3N3OS/c9-4-2-1-3(5(10)6(4)11)7(15)13-14-8(12)16/h1-2H,(H,13,15)(H3,12,14,16). The molecule has 0 fully saturated rings. The number of benzene rings is 1. The number of nitrogens with two attached hydrogens (primary N) is 1. The first-order chi connectivity index (χ1) is 7.43. The largest absolute Gasteiger partial charge is 0.375 e. The minimum absolute atomic E-state index is 0.253. The summed E-state index contributed by atoms with van der Waals surface area (Å²) in [5, 5.41) is -0.253. The Balaban J connectivity index is 2.92. The summed E-state index contributed by atoms with van der Waals surface area (Å²) in [6, 6.07) is 1.43. The molecule has 8 heteroatoms. The fourth-order valence-corrected chi connectivity index (χ4v) is 0.938. The van der Waals surface area contributed by atoms with Crippen molar-refractivity contribution in [3.8, 4) is 0 Å². The summed E-state index contributed by atoms with van der Waals surface area (Å²) in [5.74, 6) is -5.70. The first kappa shape index (κ1) is 12.2. The fourth-order valence-electron chi connectivity index (χ4n) is 0.887. The second kappa shape index (κ2) is 4.79. The smallest absolute Gasteiger partial charge is 0.272 e. The second-order valence-corrected chi connectivity index (χ2v) is 3.11. The van der Waals surface area contributed by atoms with Gasteiger partial charge in [0.1, 0.15) is 0 Å². The van der Waals surface area contributed by atoms with Crippen molar-refractivity contribution in [2.24, 2.45) is 5.73 Å². The number of amides is 1. The molecule has 0 unspecified atom stereocenters. The van der Waals surface area contributed by atoms with E-state index in [0.29, 0.717) is 6.07 Å². The summed E-state index contributed by atoms with van der Waals surface area (Å²) in [6.45, 7) is 0. The summed E-state index contributed by atoms with van der Waals surface area (Å²) >= 11 is 4.37. The van der Waals surface area contributed by atoms with Crippen LogP contribution in [0.3, 0.4) is 0 Å². The molecule has 86 valence electrons. The highest BCUT2D eigenvalue weighted by molar-refractivity contribution is 7.80. The molecular formula is C8H6F3N3OS. The second-order valence-electron chi connectivity index (χ2n) is 2.67. The van der Waals surface area contributed by atoms with Crippen LogP contribution in [-0.4, -0.2) is 11.0 Å². The van der Waals surface area contributed by atoms with Crippen LogP contribution < -0.4 is 16.6 Å². The van der Waals surface area contributed by atoms with Gasteiger partial charge in [0.15, 0.2) is 22.6 Å². The molecule has 0 saturated heterocycles. The molecule has 1 aromatic rings. The Bertz CT molecular complexity index is 452. The number of rotatable bonds is 1. The van der Waals surface area contributed by atoms with Crippen LogP contribution in [0.5, 0.6) is 0 Å². The number of hydrogen-bond acceptors (Lipinski definition) is 2. The predicted molar refractivity (Wildman–Crippen MR) is 53.7 cm³/mol. The predicted octanol–water partition coefficient (Wildman–Crippen LogP) is 0.582. The lowest BCUT2D eigenvalue weighted by Crippen LogP contribution is -2.44. The van der Waals surface area contributed by atoms with E-state index in [1.165, 1.54) is 0 Å². The number of hydrazine groups is 1. The van der Waals surface area contributed by atoms with Crippen molar-refractivity contribution in [2.75, 3.05) is 0 Å². The summed E-state index contributed by atoms with van der Waals surface area (Å²) in [6.07, 6.45) is 0. The van der Waals surface area contributed by atoms with Crippen LogP contribution in [0.15, 0.2) is 12.1 Å². The molecule has 1 aromatic carbocycles. The lowest BCUT2D eigenvalue weighted by atomic mass is 10.2. The maximum absolute atomic E-state index is 13.1. The molecule has 1 amide bonds. The number of thiocarbonyl (C=S) groups is 1. The van der Waals surface area contributed by atoms with Gasteiger partial charge in [-0.2, -0.15) is 0 Å². The Morgan fingerprint density at radius 2 is 1.81 bits per heavy atom. The van der Waals surface area contributed by atoms with Gasteiger partial charge in [-0.3, -0.25) is 15.6 Å². The van der Waals surface area contributed by atoms with E-state index >= 15 is 0 Å². The molecule has 0 heterocycles. The highest BCUT2D eigenvalue weighted by Gasteiger charge is 2.18. The van der Waals surface area contributed by atoms with Crippen LogP contribution >= 0.6 is 12.2 Å². The van der Waals surface area contributed by atoms with Gasteiger partial charge in [0.25, 0.3) is 5.91 Å². The summed E-state index contributed by atoms with van der Waals surface area (Å²) in [4.78, 5) is 11.2. The number of hydrogen-bond donors (Lipinski definition) is 3. The molecule has 0 aliphatic heterocycles. The summed E-state index contributed by atoms with van der Waals surface area (Å²) in [5.41, 5.74) is 8.26. The Kier molecular flexibility index (Phi) is 3.67. The van der Waals surface area contributed by atoms with E-state index in [1.54, 1.807) is 0 Å². The maximum atomic E-state index is 13.1. The first-order valence-corrected chi connectivity index (χ1v) is 4.33. The first-order valence-electron chi connectivity index (χ1n) is 3.92. The Morgan fingerprint density at radius 3 is 2.38 bits per heavy atom. The molecule has 0 atom stereocenters. The molecule has 0 saturated carbocycles. The average Bonchev–Trinajstić information content (AvgIpc) is 2.23. The van der Waals surface area contributed by atoms with Gasteiger partial charge in [-0.1, -0.05) is 0 Å². The average molecular weight is 249 g/mol. The Hall–Kier alpha value is -1.83. The topological polar surface area (TPSA) is 67.2 Å². The van der Waals surface area contributed by atoms with Gasteiger partial charge < -0.3 is 5.73 Å². The Morgan fingerprint density at radius 1 is 1.19 bits per heavy atom. The van der Waals surface area contributed by atoms with E-state index in [9.17, 15) is 18.0 Å². The van der Waals surface area contributed by atoms with E-state index in [1.807, 2.05) is 10.9 Å². The van der Waals surface area contributed by atoms with Crippen LogP contribution in [0, 0.1) is 17.5 Å². The molecule has 4 N–H and O–H groups in total. The van der Waals surface area contributed by atoms with Gasteiger partial charge in [-0.25, -0.2) is 13.2 Å². The van der Waals surface area contributed by atoms with E-state index in [4.69, 9.17) is 5.73 Å². The van der Waals surface area contributed by atoms with Crippen LogP contribution in [0.2, 0.25) is 0 Å². The van der Waals surface area contributed by atoms with E-state index in [-0.39, 0.29) is 5.11 Å². The van der Waals surface area contributed by atoms with Gasteiger partial charge >= 0.3 is 0 Å². The van der Waals surface area contributed by atoms with Gasteiger partial charge in [-0.15, -0.1) is 0 Å². The van der Waals surface area contributed by atoms with Crippen LogP contribution in [-0.2, 0) is 0 Å². The maximum Gasteiger partial charge on any atom is 0.272 e. The quantitative estimate of drug-likeness (QED) is 0.387. The number of nitrogens with one attached hydrogen (secondary N) is 2. The van der Waals surface area contributed by atoms with Gasteiger partial charge in [-0.05, 0) is 24.4 Å². The number of halogens is 3. The van der Waals surface area contributed by atoms with E-state index in [2.05, 4.69) is 12.2 Å². The number of carbonyl (C=O) groups excluding carboxylic acids is 1. The zero-order chi connectivity index (χ0) is 12.3. The molecule has 0 bridgehead atoms. The SMILES string of the molecule is NC(=S)NNC(=O)c1ccc(F)c(F)c1F. The lowest BCUT2D eigenvalue weighted by molar-refractivity contribution is 0.0938.